The van der Waals surface area contributed by atoms with Gasteiger partial charge in [0.25, 0.3) is 5.91 Å². The number of carbonyl (C=O) groups is 1. The van der Waals surface area contributed by atoms with E-state index in [-0.39, 0.29) is 11.9 Å². The van der Waals surface area contributed by atoms with E-state index in [4.69, 9.17) is 9.47 Å². The van der Waals surface area contributed by atoms with Gasteiger partial charge in [0.2, 0.25) is 0 Å². The van der Waals surface area contributed by atoms with Crippen molar-refractivity contribution >= 4 is 5.91 Å². The topological polar surface area (TPSA) is 47.6 Å². The quantitative estimate of drug-likeness (QED) is 0.773. The second-order valence-corrected chi connectivity index (χ2v) is 6.07. The minimum absolute atomic E-state index is 0.0472. The molecule has 4 heteroatoms. The molecule has 0 unspecified atom stereocenters. The number of amides is 1. The van der Waals surface area contributed by atoms with Crippen LogP contribution < -0.4 is 14.8 Å². The van der Waals surface area contributed by atoms with Gasteiger partial charge in [0.05, 0.1) is 13.2 Å². The van der Waals surface area contributed by atoms with Gasteiger partial charge in [0.15, 0.2) is 6.10 Å². The molecule has 0 bridgehead atoms. The SMILES string of the molecule is CC[C@@H](Oc1ccc(C)cc1)C(=O)N[C@H](CC)c1ccc(OC)cc1. The van der Waals surface area contributed by atoms with Crippen molar-refractivity contribution in [2.75, 3.05) is 7.11 Å². The van der Waals surface area contributed by atoms with Gasteiger partial charge in [-0.2, -0.15) is 0 Å². The van der Waals surface area contributed by atoms with Crippen LogP contribution in [0.5, 0.6) is 11.5 Å². The Morgan fingerprint density at radius 1 is 0.960 bits per heavy atom. The van der Waals surface area contributed by atoms with Gasteiger partial charge in [0.1, 0.15) is 11.5 Å². The van der Waals surface area contributed by atoms with Gasteiger partial charge in [-0.3, -0.25) is 4.79 Å². The molecule has 2 aromatic rings. The lowest BCUT2D eigenvalue weighted by Gasteiger charge is -2.22. The predicted molar refractivity (Wildman–Crippen MR) is 100 cm³/mol. The van der Waals surface area contributed by atoms with Crippen LogP contribution in [0.15, 0.2) is 48.5 Å². The number of methoxy groups -OCH3 is 1. The molecule has 25 heavy (non-hydrogen) atoms. The minimum atomic E-state index is -0.505. The first-order valence-electron chi connectivity index (χ1n) is 8.75. The third kappa shape index (κ3) is 5.24. The van der Waals surface area contributed by atoms with Crippen LogP contribution in [0.1, 0.15) is 43.9 Å². The van der Waals surface area contributed by atoms with E-state index in [1.165, 1.54) is 0 Å². The highest BCUT2D eigenvalue weighted by Crippen LogP contribution is 2.21. The molecule has 0 saturated heterocycles. The molecule has 134 valence electrons. The Labute approximate surface area is 150 Å². The monoisotopic (exact) mass is 341 g/mol. The average Bonchev–Trinajstić information content (AvgIpc) is 2.65. The molecular weight excluding hydrogens is 314 g/mol. The van der Waals surface area contributed by atoms with Crippen LogP contribution in [-0.4, -0.2) is 19.1 Å². The molecule has 0 aliphatic heterocycles. The summed E-state index contributed by atoms with van der Waals surface area (Å²) in [5.41, 5.74) is 2.22. The lowest BCUT2D eigenvalue weighted by molar-refractivity contribution is -0.128. The summed E-state index contributed by atoms with van der Waals surface area (Å²) in [4.78, 5) is 12.7. The Morgan fingerprint density at radius 3 is 2.08 bits per heavy atom. The predicted octanol–water partition coefficient (Wildman–Crippen LogP) is 4.43. The molecule has 0 spiro atoms. The molecule has 0 radical (unpaired) electrons. The fourth-order valence-electron chi connectivity index (χ4n) is 2.63. The Kier molecular flexibility index (Phi) is 6.87. The first kappa shape index (κ1) is 18.8. The lowest BCUT2D eigenvalue weighted by atomic mass is 10.0. The molecule has 0 fully saturated rings. The van der Waals surface area contributed by atoms with Crippen LogP contribution in [0, 0.1) is 6.92 Å². The summed E-state index contributed by atoms with van der Waals surface area (Å²) < 4.78 is 11.1. The summed E-state index contributed by atoms with van der Waals surface area (Å²) in [5.74, 6) is 1.43. The largest absolute Gasteiger partial charge is 0.497 e. The average molecular weight is 341 g/mol. The molecular formula is C21H27NO3. The second-order valence-electron chi connectivity index (χ2n) is 6.07. The number of benzene rings is 2. The van der Waals surface area contributed by atoms with Crippen molar-refractivity contribution in [3.63, 3.8) is 0 Å². The van der Waals surface area contributed by atoms with E-state index in [0.29, 0.717) is 12.2 Å². The van der Waals surface area contributed by atoms with Crippen molar-refractivity contribution in [3.8, 4) is 11.5 Å². The molecule has 2 atom stereocenters. The maximum Gasteiger partial charge on any atom is 0.261 e. The third-order valence-corrected chi connectivity index (χ3v) is 4.21. The van der Waals surface area contributed by atoms with Gasteiger partial charge < -0.3 is 14.8 Å². The lowest BCUT2D eigenvalue weighted by Crippen LogP contribution is -2.39. The molecule has 0 aliphatic rings. The number of hydrogen-bond acceptors (Lipinski definition) is 3. The van der Waals surface area contributed by atoms with Gasteiger partial charge in [-0.25, -0.2) is 0 Å². The Hall–Kier alpha value is -2.49. The summed E-state index contributed by atoms with van der Waals surface area (Å²) in [6.45, 7) is 6.03. The first-order valence-corrected chi connectivity index (χ1v) is 8.75. The Balaban J connectivity index is 2.03. The molecule has 0 aromatic heterocycles. The normalized spacial score (nSPS) is 13.0. The summed E-state index contributed by atoms with van der Waals surface area (Å²) in [5, 5.41) is 3.10. The highest BCUT2D eigenvalue weighted by Gasteiger charge is 2.22. The maximum atomic E-state index is 12.7. The molecule has 1 amide bonds. The third-order valence-electron chi connectivity index (χ3n) is 4.21. The number of aryl methyl sites for hydroxylation is 1. The smallest absolute Gasteiger partial charge is 0.261 e. The molecule has 0 heterocycles. The van der Waals surface area contributed by atoms with Crippen molar-refractivity contribution in [1.82, 2.24) is 5.32 Å². The zero-order valence-electron chi connectivity index (χ0n) is 15.4. The summed E-state index contributed by atoms with van der Waals surface area (Å²) in [7, 11) is 1.64. The van der Waals surface area contributed by atoms with Gasteiger partial charge >= 0.3 is 0 Å². The van der Waals surface area contributed by atoms with Crippen molar-refractivity contribution in [2.24, 2.45) is 0 Å². The Morgan fingerprint density at radius 2 is 1.56 bits per heavy atom. The van der Waals surface area contributed by atoms with Crippen molar-refractivity contribution in [2.45, 2.75) is 45.8 Å². The molecule has 0 saturated carbocycles. The van der Waals surface area contributed by atoms with Crippen molar-refractivity contribution in [1.29, 1.82) is 0 Å². The molecule has 4 nitrogen and oxygen atoms in total. The number of rotatable bonds is 8. The van der Waals surface area contributed by atoms with E-state index in [9.17, 15) is 4.79 Å². The number of carbonyl (C=O) groups excluding carboxylic acids is 1. The van der Waals surface area contributed by atoms with E-state index in [0.717, 1.165) is 23.3 Å². The van der Waals surface area contributed by atoms with Gasteiger partial charge in [-0.1, -0.05) is 43.7 Å². The van der Waals surface area contributed by atoms with E-state index in [2.05, 4.69) is 12.2 Å². The van der Waals surface area contributed by atoms with Crippen LogP contribution in [0.3, 0.4) is 0 Å². The van der Waals surface area contributed by atoms with Crippen LogP contribution in [0.4, 0.5) is 0 Å². The van der Waals surface area contributed by atoms with Gasteiger partial charge in [-0.05, 0) is 49.6 Å². The highest BCUT2D eigenvalue weighted by molar-refractivity contribution is 5.81. The molecule has 0 aliphatic carbocycles. The highest BCUT2D eigenvalue weighted by atomic mass is 16.5. The summed E-state index contributed by atoms with van der Waals surface area (Å²) in [6.07, 6.45) is 0.910. The van der Waals surface area contributed by atoms with Crippen molar-refractivity contribution in [3.05, 3.63) is 59.7 Å². The van der Waals surface area contributed by atoms with Crippen LogP contribution in [0.2, 0.25) is 0 Å². The van der Waals surface area contributed by atoms with Crippen LogP contribution in [0.25, 0.3) is 0 Å². The molecule has 2 rings (SSSR count). The van der Waals surface area contributed by atoms with E-state index in [1.807, 2.05) is 62.4 Å². The summed E-state index contributed by atoms with van der Waals surface area (Å²) >= 11 is 0. The van der Waals surface area contributed by atoms with Crippen molar-refractivity contribution < 1.29 is 14.3 Å². The number of nitrogens with one attached hydrogen (secondary N) is 1. The number of hydrogen-bond donors (Lipinski definition) is 1. The van der Waals surface area contributed by atoms with Gasteiger partial charge in [-0.15, -0.1) is 0 Å². The number of ether oxygens (including phenoxy) is 2. The van der Waals surface area contributed by atoms with Gasteiger partial charge in [0, 0.05) is 0 Å². The molecule has 2 aromatic carbocycles. The fraction of sp³-hybridized carbons (Fsp3) is 0.381. The van der Waals surface area contributed by atoms with Crippen LogP contribution in [-0.2, 0) is 4.79 Å². The summed E-state index contributed by atoms with van der Waals surface area (Å²) in [6, 6.07) is 15.5. The zero-order chi connectivity index (χ0) is 18.2. The fourth-order valence-corrected chi connectivity index (χ4v) is 2.63. The molecule has 1 N–H and O–H groups in total. The Bertz CT molecular complexity index is 665. The zero-order valence-corrected chi connectivity index (χ0v) is 15.4. The second kappa shape index (κ2) is 9.11. The maximum absolute atomic E-state index is 12.7. The first-order chi connectivity index (χ1) is 12.1. The van der Waals surface area contributed by atoms with E-state index in [1.54, 1.807) is 7.11 Å². The van der Waals surface area contributed by atoms with E-state index < -0.39 is 6.10 Å². The van der Waals surface area contributed by atoms with E-state index >= 15 is 0 Å². The standard InChI is InChI=1S/C21H27NO3/c1-5-19(16-9-13-17(24-4)14-10-16)22-21(23)20(6-2)25-18-11-7-15(3)8-12-18/h7-14,19-20H,5-6H2,1-4H3,(H,22,23)/t19-,20-/m1/s1. The minimum Gasteiger partial charge on any atom is -0.497 e. The van der Waals surface area contributed by atoms with Crippen LogP contribution >= 0.6 is 0 Å².